The molecule has 4 nitrogen and oxygen atoms in total. The zero-order valence-corrected chi connectivity index (χ0v) is 17.5. The fourth-order valence-corrected chi connectivity index (χ4v) is 4.88. The molecule has 0 aromatic heterocycles. The summed E-state index contributed by atoms with van der Waals surface area (Å²) in [6, 6.07) is 16.7. The third-order valence-corrected chi connectivity index (χ3v) is 6.51. The standard InChI is InChI=1S/C25H31NO3/c1-25(18-27)17-26(15-19-8-4-3-5-9-19)16-22(25)20-12-13-23(28-2)24(14-20)29-21-10-6-7-11-21/h3-5,8-9,12-14,18,21-22H,6-7,10-11,15-17H2,1-2H3/t22-,25+/m0/s1. The number of hydrogen-bond acceptors (Lipinski definition) is 4. The molecule has 154 valence electrons. The number of likely N-dealkylation sites (tertiary alicyclic amines) is 1. The van der Waals surface area contributed by atoms with Gasteiger partial charge in [-0.05, 0) is 48.9 Å². The van der Waals surface area contributed by atoms with E-state index in [4.69, 9.17) is 9.47 Å². The van der Waals surface area contributed by atoms with Gasteiger partial charge in [0.1, 0.15) is 6.29 Å². The number of nitrogens with zero attached hydrogens (tertiary/aromatic N) is 1. The van der Waals surface area contributed by atoms with Gasteiger partial charge in [-0.2, -0.15) is 0 Å². The van der Waals surface area contributed by atoms with E-state index in [0.29, 0.717) is 0 Å². The Bertz CT molecular complexity index is 831. The number of hydrogen-bond donors (Lipinski definition) is 0. The van der Waals surface area contributed by atoms with Crippen molar-refractivity contribution in [2.24, 2.45) is 5.41 Å². The van der Waals surface area contributed by atoms with Gasteiger partial charge >= 0.3 is 0 Å². The second kappa shape index (κ2) is 8.58. The quantitative estimate of drug-likeness (QED) is 0.632. The van der Waals surface area contributed by atoms with Crippen LogP contribution in [0.4, 0.5) is 0 Å². The predicted molar refractivity (Wildman–Crippen MR) is 115 cm³/mol. The highest BCUT2D eigenvalue weighted by molar-refractivity contribution is 5.63. The largest absolute Gasteiger partial charge is 0.493 e. The average molecular weight is 394 g/mol. The highest BCUT2D eigenvalue weighted by Crippen LogP contribution is 2.44. The van der Waals surface area contributed by atoms with Crippen LogP contribution in [0.1, 0.15) is 49.7 Å². The molecule has 4 heteroatoms. The molecule has 0 bridgehead atoms. The molecule has 2 aliphatic rings. The maximum absolute atomic E-state index is 12.1. The van der Waals surface area contributed by atoms with Crippen LogP contribution in [-0.4, -0.2) is 37.5 Å². The zero-order valence-electron chi connectivity index (χ0n) is 17.5. The minimum Gasteiger partial charge on any atom is -0.493 e. The van der Waals surface area contributed by atoms with Crippen LogP contribution in [0.5, 0.6) is 11.5 Å². The summed E-state index contributed by atoms with van der Waals surface area (Å²) in [7, 11) is 1.68. The second-order valence-corrected chi connectivity index (χ2v) is 8.77. The van der Waals surface area contributed by atoms with Crippen molar-refractivity contribution in [3.63, 3.8) is 0 Å². The number of carbonyl (C=O) groups excluding carboxylic acids is 1. The molecule has 1 heterocycles. The van der Waals surface area contributed by atoms with Crippen molar-refractivity contribution >= 4 is 6.29 Å². The number of benzene rings is 2. The first-order valence-corrected chi connectivity index (χ1v) is 10.7. The minimum absolute atomic E-state index is 0.139. The van der Waals surface area contributed by atoms with E-state index in [1.807, 2.05) is 12.1 Å². The molecule has 0 amide bonds. The van der Waals surface area contributed by atoms with Gasteiger partial charge in [-0.25, -0.2) is 0 Å². The third kappa shape index (κ3) is 4.32. The van der Waals surface area contributed by atoms with Gasteiger partial charge in [0, 0.05) is 31.0 Å². The molecule has 29 heavy (non-hydrogen) atoms. The van der Waals surface area contributed by atoms with Crippen LogP contribution in [0.3, 0.4) is 0 Å². The van der Waals surface area contributed by atoms with Gasteiger partial charge in [0.2, 0.25) is 0 Å². The summed E-state index contributed by atoms with van der Waals surface area (Å²) in [5, 5.41) is 0. The normalized spacial score (nSPS) is 25.2. The summed E-state index contributed by atoms with van der Waals surface area (Å²) in [6.07, 6.45) is 6.08. The number of carbonyl (C=O) groups is 1. The van der Waals surface area contributed by atoms with Gasteiger partial charge < -0.3 is 14.3 Å². The molecule has 0 N–H and O–H groups in total. The van der Waals surface area contributed by atoms with Crippen LogP contribution in [0.15, 0.2) is 48.5 Å². The van der Waals surface area contributed by atoms with E-state index in [9.17, 15) is 4.79 Å². The molecule has 0 unspecified atom stereocenters. The van der Waals surface area contributed by atoms with Crippen molar-refractivity contribution in [3.05, 3.63) is 59.7 Å². The van der Waals surface area contributed by atoms with Crippen molar-refractivity contribution < 1.29 is 14.3 Å². The SMILES string of the molecule is COc1ccc([C@@H]2CN(Cc3ccccc3)C[C@]2(C)C=O)cc1OC1CCCC1. The minimum atomic E-state index is -0.409. The summed E-state index contributed by atoms with van der Waals surface area (Å²) in [5.74, 6) is 1.72. The molecule has 2 aromatic carbocycles. The number of aldehydes is 1. The predicted octanol–water partition coefficient (Wildman–Crippen LogP) is 4.82. The maximum atomic E-state index is 12.1. The number of ether oxygens (including phenoxy) is 2. The van der Waals surface area contributed by atoms with E-state index < -0.39 is 5.41 Å². The van der Waals surface area contributed by atoms with Gasteiger partial charge in [-0.15, -0.1) is 0 Å². The summed E-state index contributed by atoms with van der Waals surface area (Å²) < 4.78 is 11.8. The molecule has 0 spiro atoms. The van der Waals surface area contributed by atoms with E-state index in [0.717, 1.165) is 55.8 Å². The molecule has 1 saturated heterocycles. The lowest BCUT2D eigenvalue weighted by Gasteiger charge is -2.25. The summed E-state index contributed by atoms with van der Waals surface area (Å²) >= 11 is 0. The van der Waals surface area contributed by atoms with E-state index >= 15 is 0 Å². The average Bonchev–Trinajstić information content (AvgIpc) is 3.37. The van der Waals surface area contributed by atoms with Crippen LogP contribution in [-0.2, 0) is 11.3 Å². The van der Waals surface area contributed by atoms with Gasteiger partial charge in [-0.3, -0.25) is 4.90 Å². The molecule has 0 radical (unpaired) electrons. The second-order valence-electron chi connectivity index (χ2n) is 8.77. The number of rotatable bonds is 7. The lowest BCUT2D eigenvalue weighted by atomic mass is 9.77. The molecule has 2 aromatic rings. The van der Waals surface area contributed by atoms with E-state index in [2.05, 4.69) is 48.2 Å². The Labute approximate surface area is 173 Å². The molecule has 1 aliphatic carbocycles. The Morgan fingerprint density at radius 3 is 2.55 bits per heavy atom. The Balaban J connectivity index is 1.57. The fraction of sp³-hybridized carbons (Fsp3) is 0.480. The Morgan fingerprint density at radius 2 is 1.86 bits per heavy atom. The van der Waals surface area contributed by atoms with Crippen molar-refractivity contribution in [2.45, 2.75) is 51.2 Å². The van der Waals surface area contributed by atoms with Crippen LogP contribution in [0.2, 0.25) is 0 Å². The Morgan fingerprint density at radius 1 is 1.10 bits per heavy atom. The summed E-state index contributed by atoms with van der Waals surface area (Å²) in [4.78, 5) is 14.5. The van der Waals surface area contributed by atoms with Gasteiger partial charge in [0.15, 0.2) is 11.5 Å². The Hall–Kier alpha value is -2.33. The van der Waals surface area contributed by atoms with Crippen molar-refractivity contribution in [2.75, 3.05) is 20.2 Å². The first kappa shape index (κ1) is 20.0. The molecule has 4 rings (SSSR count). The Kier molecular flexibility index (Phi) is 5.91. The van der Waals surface area contributed by atoms with Crippen LogP contribution in [0.25, 0.3) is 0 Å². The molecule has 1 aliphatic heterocycles. The topological polar surface area (TPSA) is 38.8 Å². The number of methoxy groups -OCH3 is 1. The van der Waals surface area contributed by atoms with Crippen LogP contribution in [0, 0.1) is 5.41 Å². The van der Waals surface area contributed by atoms with Crippen LogP contribution >= 0.6 is 0 Å². The lowest BCUT2D eigenvalue weighted by molar-refractivity contribution is -0.115. The van der Waals surface area contributed by atoms with Gasteiger partial charge in [-0.1, -0.05) is 43.3 Å². The first-order chi connectivity index (χ1) is 14.1. The lowest BCUT2D eigenvalue weighted by Crippen LogP contribution is -2.28. The van der Waals surface area contributed by atoms with E-state index in [-0.39, 0.29) is 12.0 Å². The van der Waals surface area contributed by atoms with Crippen LogP contribution < -0.4 is 9.47 Å². The summed E-state index contributed by atoms with van der Waals surface area (Å²) in [5.41, 5.74) is 2.03. The smallest absolute Gasteiger partial charge is 0.161 e. The third-order valence-electron chi connectivity index (χ3n) is 6.51. The highest BCUT2D eigenvalue weighted by atomic mass is 16.5. The highest BCUT2D eigenvalue weighted by Gasteiger charge is 2.44. The molecular formula is C25H31NO3. The van der Waals surface area contributed by atoms with Crippen molar-refractivity contribution in [3.8, 4) is 11.5 Å². The molecular weight excluding hydrogens is 362 g/mol. The molecule has 1 saturated carbocycles. The fourth-order valence-electron chi connectivity index (χ4n) is 4.88. The van der Waals surface area contributed by atoms with E-state index in [1.165, 1.54) is 18.4 Å². The summed E-state index contributed by atoms with van der Waals surface area (Å²) in [6.45, 7) is 4.57. The zero-order chi connectivity index (χ0) is 20.3. The van der Waals surface area contributed by atoms with E-state index in [1.54, 1.807) is 7.11 Å². The molecule has 2 fully saturated rings. The maximum Gasteiger partial charge on any atom is 0.161 e. The molecule has 2 atom stereocenters. The van der Waals surface area contributed by atoms with Crippen molar-refractivity contribution in [1.82, 2.24) is 4.90 Å². The monoisotopic (exact) mass is 393 g/mol. The van der Waals surface area contributed by atoms with Crippen molar-refractivity contribution in [1.29, 1.82) is 0 Å². The van der Waals surface area contributed by atoms with Gasteiger partial charge in [0.25, 0.3) is 0 Å². The van der Waals surface area contributed by atoms with Gasteiger partial charge in [0.05, 0.1) is 13.2 Å². The first-order valence-electron chi connectivity index (χ1n) is 10.7.